The Kier molecular flexibility index (Phi) is 6.26. The lowest BCUT2D eigenvalue weighted by molar-refractivity contribution is -0.128. The van der Waals surface area contributed by atoms with E-state index in [2.05, 4.69) is 27.1 Å². The average molecular weight is 451 g/mol. The monoisotopic (exact) mass is 450 g/mol. The highest BCUT2D eigenvalue weighted by Crippen LogP contribution is 2.36. The van der Waals surface area contributed by atoms with Gasteiger partial charge in [-0.25, -0.2) is 10.4 Å². The van der Waals surface area contributed by atoms with Crippen molar-refractivity contribution >= 4 is 17.5 Å². The maximum Gasteiger partial charge on any atom is 0.254 e. The first-order chi connectivity index (χ1) is 16.1. The summed E-state index contributed by atoms with van der Waals surface area (Å²) in [6.07, 6.45) is 6.89. The maximum atomic E-state index is 12.9. The highest BCUT2D eigenvalue weighted by molar-refractivity contribution is 5.96. The van der Waals surface area contributed by atoms with E-state index in [1.54, 1.807) is 0 Å². The second kappa shape index (κ2) is 9.32. The highest BCUT2D eigenvalue weighted by atomic mass is 16.2. The Morgan fingerprint density at radius 1 is 1.12 bits per heavy atom. The summed E-state index contributed by atoms with van der Waals surface area (Å²) in [5.41, 5.74) is 6.16. The van der Waals surface area contributed by atoms with Crippen LogP contribution in [0.25, 0.3) is 0 Å². The van der Waals surface area contributed by atoms with Gasteiger partial charge in [-0.05, 0) is 62.8 Å². The fraction of sp³-hybridized carbons (Fsp3) is 0.640. The minimum Gasteiger partial charge on any atom is -0.368 e. The number of rotatable bonds is 4. The van der Waals surface area contributed by atoms with Crippen molar-refractivity contribution < 1.29 is 9.59 Å². The Labute approximate surface area is 195 Å². The molecular weight excluding hydrogens is 416 g/mol. The zero-order valence-corrected chi connectivity index (χ0v) is 19.3. The molecule has 0 radical (unpaired) electrons. The number of amides is 2. The number of piperidine rings is 1. The Bertz CT molecular complexity index is 953. The van der Waals surface area contributed by atoms with E-state index in [1.165, 1.54) is 0 Å². The van der Waals surface area contributed by atoms with E-state index < -0.39 is 0 Å². The van der Waals surface area contributed by atoms with Crippen molar-refractivity contribution in [3.8, 4) is 6.07 Å². The molecule has 5 rings (SSSR count). The summed E-state index contributed by atoms with van der Waals surface area (Å²) in [6.45, 7) is 4.31. The van der Waals surface area contributed by atoms with Gasteiger partial charge in [-0.15, -0.1) is 0 Å². The maximum absolute atomic E-state index is 12.9. The number of carbonyl (C=O) groups is 2. The minimum absolute atomic E-state index is 0.00577. The predicted octanol–water partition coefficient (Wildman–Crippen LogP) is 2.38. The zero-order chi connectivity index (χ0) is 22.9. The van der Waals surface area contributed by atoms with Crippen molar-refractivity contribution in [2.45, 2.75) is 70.1 Å². The molecule has 1 aromatic carbocycles. The van der Waals surface area contributed by atoms with Crippen molar-refractivity contribution in [1.29, 1.82) is 5.26 Å². The fourth-order valence-electron chi connectivity index (χ4n) is 6.16. The van der Waals surface area contributed by atoms with Crippen molar-refractivity contribution in [3.05, 3.63) is 29.3 Å². The number of anilines is 1. The van der Waals surface area contributed by atoms with E-state index in [-0.39, 0.29) is 41.9 Å². The van der Waals surface area contributed by atoms with E-state index in [1.807, 2.05) is 30.0 Å². The van der Waals surface area contributed by atoms with Crippen LogP contribution in [0, 0.1) is 30.1 Å². The number of hydrogen-bond donors (Lipinski definition) is 3. The molecule has 0 aromatic heterocycles. The molecule has 4 fully saturated rings. The molecule has 1 aliphatic carbocycles. The van der Waals surface area contributed by atoms with Crippen LogP contribution in [0.5, 0.6) is 0 Å². The molecule has 33 heavy (non-hydrogen) atoms. The molecule has 3 heterocycles. The third kappa shape index (κ3) is 4.20. The smallest absolute Gasteiger partial charge is 0.254 e. The lowest BCUT2D eigenvalue weighted by atomic mass is 9.83. The molecule has 3 N–H and O–H groups in total. The summed E-state index contributed by atoms with van der Waals surface area (Å²) in [7, 11) is 0. The summed E-state index contributed by atoms with van der Waals surface area (Å²) in [4.78, 5) is 27.6. The second-order valence-corrected chi connectivity index (χ2v) is 9.95. The van der Waals surface area contributed by atoms with Crippen LogP contribution in [0.3, 0.4) is 0 Å². The van der Waals surface area contributed by atoms with E-state index in [4.69, 9.17) is 0 Å². The topological polar surface area (TPSA) is 100 Å². The largest absolute Gasteiger partial charge is 0.368 e. The second-order valence-electron chi connectivity index (χ2n) is 9.95. The molecule has 8 heteroatoms. The first kappa shape index (κ1) is 22.2. The van der Waals surface area contributed by atoms with Gasteiger partial charge in [0.25, 0.3) is 5.91 Å². The number of hydrogen-bond acceptors (Lipinski definition) is 6. The van der Waals surface area contributed by atoms with Crippen LogP contribution in [0.2, 0.25) is 0 Å². The van der Waals surface area contributed by atoms with E-state index in [0.29, 0.717) is 6.54 Å². The third-order valence-corrected chi connectivity index (χ3v) is 7.89. The van der Waals surface area contributed by atoms with Gasteiger partial charge >= 0.3 is 0 Å². The van der Waals surface area contributed by atoms with Crippen LogP contribution in [0.15, 0.2) is 18.2 Å². The number of hydrazine groups is 1. The number of benzene rings is 1. The van der Waals surface area contributed by atoms with Gasteiger partial charge in [-0.1, -0.05) is 12.8 Å². The number of likely N-dealkylation sites (tertiary alicyclic amines) is 1. The summed E-state index contributed by atoms with van der Waals surface area (Å²) in [6, 6.07) is 8.56. The van der Waals surface area contributed by atoms with Gasteiger partial charge in [-0.3, -0.25) is 9.59 Å². The standard InChI is InChI=1S/C25H34N6O2/c1-16-14-18(8-9-19(16)25(33)30-12-4-5-13-30)28-23-22-21(10-11-27-24(22)32)31(29-23)20-7-3-2-6-17(20)15-26/h8-9,14,17,20-23,28-29H,2-7,10-13H2,1H3,(H,27,32)/t17-,20+,21?,22?,23?/m1/s1. The van der Waals surface area contributed by atoms with E-state index in [9.17, 15) is 14.9 Å². The van der Waals surface area contributed by atoms with Gasteiger partial charge in [0.15, 0.2) is 0 Å². The Balaban J connectivity index is 1.35. The Morgan fingerprint density at radius 3 is 2.67 bits per heavy atom. The fourth-order valence-corrected chi connectivity index (χ4v) is 6.16. The van der Waals surface area contributed by atoms with Crippen LogP contribution in [0.1, 0.15) is 60.9 Å². The van der Waals surface area contributed by atoms with Crippen LogP contribution >= 0.6 is 0 Å². The molecule has 176 valence electrons. The molecule has 1 aromatic rings. The number of nitriles is 1. The molecule has 3 aliphatic heterocycles. The number of carbonyl (C=O) groups excluding carboxylic acids is 2. The van der Waals surface area contributed by atoms with Crippen molar-refractivity contribution in [1.82, 2.24) is 20.7 Å². The predicted molar refractivity (Wildman–Crippen MR) is 125 cm³/mol. The van der Waals surface area contributed by atoms with E-state index >= 15 is 0 Å². The van der Waals surface area contributed by atoms with Crippen LogP contribution in [-0.4, -0.2) is 59.6 Å². The molecular formula is C25H34N6O2. The molecule has 4 aliphatic rings. The first-order valence-electron chi connectivity index (χ1n) is 12.4. The number of nitrogens with one attached hydrogen (secondary N) is 3. The number of aryl methyl sites for hydroxylation is 1. The van der Waals surface area contributed by atoms with Crippen LogP contribution in [-0.2, 0) is 4.79 Å². The summed E-state index contributed by atoms with van der Waals surface area (Å²) < 4.78 is 0. The first-order valence-corrected chi connectivity index (χ1v) is 12.4. The SMILES string of the molecule is Cc1cc(NC2NN([C@H]3CCCC[C@@H]3C#N)C3CCNC(=O)C23)ccc1C(=O)N1CCCC1. The molecule has 0 spiro atoms. The Hall–Kier alpha value is -2.63. The lowest BCUT2D eigenvalue weighted by Crippen LogP contribution is -2.54. The van der Waals surface area contributed by atoms with Crippen molar-refractivity contribution in [2.75, 3.05) is 25.0 Å². The van der Waals surface area contributed by atoms with Gasteiger partial charge in [0.2, 0.25) is 5.91 Å². The highest BCUT2D eigenvalue weighted by Gasteiger charge is 2.51. The lowest BCUT2D eigenvalue weighted by Gasteiger charge is -2.39. The molecule has 3 saturated heterocycles. The van der Waals surface area contributed by atoms with Crippen LogP contribution < -0.4 is 16.1 Å². The number of nitrogens with zero attached hydrogens (tertiary/aromatic N) is 3. The summed E-state index contributed by atoms with van der Waals surface area (Å²) in [5, 5.41) is 18.5. The van der Waals surface area contributed by atoms with Crippen LogP contribution in [0.4, 0.5) is 5.69 Å². The molecule has 3 unspecified atom stereocenters. The van der Waals surface area contributed by atoms with Crippen molar-refractivity contribution in [3.63, 3.8) is 0 Å². The zero-order valence-electron chi connectivity index (χ0n) is 19.3. The summed E-state index contributed by atoms with van der Waals surface area (Å²) in [5.74, 6) is -0.0751. The van der Waals surface area contributed by atoms with Gasteiger partial charge in [0.05, 0.1) is 17.9 Å². The molecule has 5 atom stereocenters. The molecule has 8 nitrogen and oxygen atoms in total. The molecule has 1 saturated carbocycles. The molecule has 0 bridgehead atoms. The van der Waals surface area contributed by atoms with E-state index in [0.717, 1.165) is 74.8 Å². The summed E-state index contributed by atoms with van der Waals surface area (Å²) >= 11 is 0. The number of fused-ring (bicyclic) bond motifs is 1. The van der Waals surface area contributed by atoms with Gasteiger partial charge in [0.1, 0.15) is 6.17 Å². The molecule has 2 amide bonds. The normalized spacial score (nSPS) is 32.2. The van der Waals surface area contributed by atoms with Gasteiger partial charge in [-0.2, -0.15) is 5.26 Å². The minimum atomic E-state index is -0.254. The Morgan fingerprint density at radius 2 is 1.91 bits per heavy atom. The average Bonchev–Trinajstić information content (AvgIpc) is 3.48. The quantitative estimate of drug-likeness (QED) is 0.651. The van der Waals surface area contributed by atoms with Gasteiger partial charge in [0, 0.05) is 43.0 Å². The van der Waals surface area contributed by atoms with Gasteiger partial charge < -0.3 is 15.5 Å². The third-order valence-electron chi connectivity index (χ3n) is 7.89. The van der Waals surface area contributed by atoms with Crippen molar-refractivity contribution in [2.24, 2.45) is 11.8 Å².